The average molecular weight is 337 g/mol. The molecule has 2 fully saturated rings. The van der Waals surface area contributed by atoms with E-state index in [-0.39, 0.29) is 17.9 Å². The number of hydrogen-bond donors (Lipinski definition) is 0. The van der Waals surface area contributed by atoms with Crippen LogP contribution in [0.25, 0.3) is 0 Å². The van der Waals surface area contributed by atoms with Crippen molar-refractivity contribution in [3.05, 3.63) is 0 Å². The van der Waals surface area contributed by atoms with Crippen molar-refractivity contribution in [3.63, 3.8) is 0 Å². The van der Waals surface area contributed by atoms with E-state index in [2.05, 4.69) is 4.74 Å². The van der Waals surface area contributed by atoms with Gasteiger partial charge in [0, 0.05) is 25.1 Å². The number of nitrogens with zero attached hydrogens (tertiary/aromatic N) is 1. The fourth-order valence-corrected chi connectivity index (χ4v) is 3.29. The van der Waals surface area contributed by atoms with Crippen LogP contribution in [0.2, 0.25) is 0 Å². The molecule has 0 spiro atoms. The molecule has 3 atom stereocenters. The normalized spacial score (nSPS) is 29.2. The lowest BCUT2D eigenvalue weighted by molar-refractivity contribution is -0.190. The van der Waals surface area contributed by atoms with Crippen molar-refractivity contribution in [1.82, 2.24) is 4.90 Å². The van der Waals surface area contributed by atoms with E-state index in [1.54, 1.807) is 0 Å². The molecule has 2 rings (SSSR count). The molecule has 2 aliphatic rings. The van der Waals surface area contributed by atoms with Crippen molar-refractivity contribution in [1.29, 1.82) is 0 Å². The minimum Gasteiger partial charge on any atom is -0.449 e. The molecule has 1 amide bonds. The number of carbonyl (C=O) groups is 2. The highest BCUT2D eigenvalue weighted by Crippen LogP contribution is 2.31. The molecule has 5 nitrogen and oxygen atoms in total. The molecule has 23 heavy (non-hydrogen) atoms. The molecule has 2 aliphatic heterocycles. The summed E-state index contributed by atoms with van der Waals surface area (Å²) in [5.41, 5.74) is 0. The van der Waals surface area contributed by atoms with Crippen LogP contribution < -0.4 is 0 Å². The largest absolute Gasteiger partial charge is 0.449 e. The van der Waals surface area contributed by atoms with E-state index < -0.39 is 24.7 Å². The summed E-state index contributed by atoms with van der Waals surface area (Å²) in [6.45, 7) is 1.77. The lowest BCUT2D eigenvalue weighted by Crippen LogP contribution is -2.53. The molecule has 0 radical (unpaired) electrons. The number of hydrogen-bond acceptors (Lipinski definition) is 4. The molecule has 8 heteroatoms. The number of piperidine rings is 1. The van der Waals surface area contributed by atoms with Gasteiger partial charge in [-0.15, -0.1) is 0 Å². The third-order valence-electron chi connectivity index (χ3n) is 4.41. The van der Waals surface area contributed by atoms with Crippen LogP contribution >= 0.6 is 0 Å². The van der Waals surface area contributed by atoms with Crippen LogP contribution in [-0.4, -0.2) is 55.4 Å². The lowest BCUT2D eigenvalue weighted by atomic mass is 9.83. The van der Waals surface area contributed by atoms with Gasteiger partial charge < -0.3 is 14.4 Å². The maximum Gasteiger partial charge on any atom is 0.422 e. The van der Waals surface area contributed by atoms with E-state index in [0.29, 0.717) is 19.8 Å². The van der Waals surface area contributed by atoms with Gasteiger partial charge in [0.05, 0.1) is 6.61 Å². The van der Waals surface area contributed by atoms with Crippen molar-refractivity contribution >= 4 is 11.9 Å². The van der Waals surface area contributed by atoms with Gasteiger partial charge in [-0.25, -0.2) is 4.79 Å². The highest BCUT2D eigenvalue weighted by Gasteiger charge is 2.40. The quantitative estimate of drug-likeness (QED) is 0.572. The van der Waals surface area contributed by atoms with Crippen molar-refractivity contribution in [2.45, 2.75) is 44.8 Å². The molecule has 2 heterocycles. The molecule has 0 unspecified atom stereocenters. The van der Waals surface area contributed by atoms with E-state index in [4.69, 9.17) is 4.74 Å². The Bertz CT molecular complexity index is 435. The maximum absolute atomic E-state index is 12.3. The maximum atomic E-state index is 12.3. The monoisotopic (exact) mass is 337 g/mol. The first-order chi connectivity index (χ1) is 10.8. The summed E-state index contributed by atoms with van der Waals surface area (Å²) < 4.78 is 45.9. The van der Waals surface area contributed by atoms with Crippen LogP contribution in [0.5, 0.6) is 0 Å². The summed E-state index contributed by atoms with van der Waals surface area (Å²) in [6, 6.07) is -0.169. The summed E-state index contributed by atoms with van der Waals surface area (Å²) in [7, 11) is 0. The summed E-state index contributed by atoms with van der Waals surface area (Å²) in [6.07, 6.45) is -1.21. The van der Waals surface area contributed by atoms with Gasteiger partial charge in [-0.1, -0.05) is 6.92 Å². The van der Waals surface area contributed by atoms with Gasteiger partial charge in [0.25, 0.3) is 0 Å². The summed E-state index contributed by atoms with van der Waals surface area (Å²) in [5, 5.41) is 0. The topological polar surface area (TPSA) is 55.8 Å². The van der Waals surface area contributed by atoms with Crippen molar-refractivity contribution in [2.24, 2.45) is 11.8 Å². The van der Waals surface area contributed by atoms with Crippen LogP contribution in [0.1, 0.15) is 32.6 Å². The van der Waals surface area contributed by atoms with Gasteiger partial charge in [-0.3, -0.25) is 4.79 Å². The van der Waals surface area contributed by atoms with E-state index in [9.17, 15) is 22.8 Å². The molecule has 0 saturated carbocycles. The van der Waals surface area contributed by atoms with Gasteiger partial charge in [0.15, 0.2) is 6.61 Å². The zero-order valence-corrected chi connectivity index (χ0v) is 13.1. The Balaban J connectivity index is 2.02. The highest BCUT2D eigenvalue weighted by molar-refractivity contribution is 6.32. The zero-order chi connectivity index (χ0) is 17.0. The first-order valence-corrected chi connectivity index (χ1v) is 7.90. The Morgan fingerprint density at radius 3 is 2.61 bits per heavy atom. The molecule has 0 aromatic heterocycles. The fraction of sp³-hybridized carbons (Fsp3) is 0.867. The lowest BCUT2D eigenvalue weighted by Gasteiger charge is -2.43. The zero-order valence-electron chi connectivity index (χ0n) is 13.1. The van der Waals surface area contributed by atoms with Crippen molar-refractivity contribution < 1.29 is 32.2 Å². The second kappa shape index (κ2) is 7.51. The number of carbonyl (C=O) groups excluding carboxylic acids is 2. The van der Waals surface area contributed by atoms with E-state index in [1.165, 1.54) is 4.90 Å². The summed E-state index contributed by atoms with van der Waals surface area (Å²) in [5.74, 6) is -2.08. The van der Waals surface area contributed by atoms with E-state index >= 15 is 0 Å². The predicted octanol–water partition coefficient (Wildman–Crippen LogP) is 2.15. The average Bonchev–Trinajstić information content (AvgIpc) is 2.52. The Labute approximate surface area is 133 Å². The van der Waals surface area contributed by atoms with Crippen molar-refractivity contribution in [2.75, 3.05) is 26.4 Å². The molecular formula is C15H22F3NO4. The molecule has 0 aliphatic carbocycles. The van der Waals surface area contributed by atoms with Gasteiger partial charge in [-0.2, -0.15) is 13.2 Å². The number of halogens is 3. The van der Waals surface area contributed by atoms with Crippen molar-refractivity contribution in [3.8, 4) is 0 Å². The van der Waals surface area contributed by atoms with Crippen LogP contribution in [0.15, 0.2) is 0 Å². The van der Waals surface area contributed by atoms with E-state index in [0.717, 1.165) is 25.7 Å². The van der Waals surface area contributed by atoms with Crippen LogP contribution in [0.3, 0.4) is 0 Å². The third-order valence-corrected chi connectivity index (χ3v) is 4.41. The predicted molar refractivity (Wildman–Crippen MR) is 74.5 cm³/mol. The number of alkyl halides is 3. The minimum atomic E-state index is -4.64. The molecular weight excluding hydrogens is 315 g/mol. The van der Waals surface area contributed by atoms with Crippen LogP contribution in [0.4, 0.5) is 13.2 Å². The summed E-state index contributed by atoms with van der Waals surface area (Å²) in [4.78, 5) is 25.3. The number of ether oxygens (including phenoxy) is 2. The molecule has 0 N–H and O–H groups in total. The first kappa shape index (κ1) is 18.0. The summed E-state index contributed by atoms with van der Waals surface area (Å²) >= 11 is 0. The second-order valence-corrected chi connectivity index (χ2v) is 6.38. The van der Waals surface area contributed by atoms with Gasteiger partial charge in [-0.05, 0) is 31.6 Å². The standard InChI is InChI=1S/C15H22F3NO4/c1-10-4-5-12(11-3-2-6-22-8-11)19(7-10)13(20)14(21)23-9-15(16,17)18/h10-12H,2-9H2,1H3/t10-,11-,12+/m0/s1. The minimum absolute atomic E-state index is 0.121. The van der Waals surface area contributed by atoms with E-state index in [1.807, 2.05) is 6.92 Å². The second-order valence-electron chi connectivity index (χ2n) is 6.38. The Hall–Kier alpha value is -1.31. The third kappa shape index (κ3) is 5.09. The van der Waals surface area contributed by atoms with Gasteiger partial charge in [0.1, 0.15) is 0 Å². The molecule has 2 saturated heterocycles. The number of likely N-dealkylation sites (tertiary alicyclic amines) is 1. The Morgan fingerprint density at radius 2 is 2.00 bits per heavy atom. The molecule has 132 valence electrons. The molecule has 0 aromatic rings. The van der Waals surface area contributed by atoms with Crippen LogP contribution in [0, 0.1) is 11.8 Å². The molecule has 0 bridgehead atoms. The Morgan fingerprint density at radius 1 is 1.26 bits per heavy atom. The van der Waals surface area contributed by atoms with Gasteiger partial charge >= 0.3 is 18.1 Å². The number of esters is 1. The Kier molecular flexibility index (Phi) is 5.89. The number of rotatable bonds is 2. The SMILES string of the molecule is C[C@H]1CC[C@H]([C@H]2CCCOC2)N(C(=O)C(=O)OCC(F)(F)F)C1. The fourth-order valence-electron chi connectivity index (χ4n) is 3.29. The van der Waals surface area contributed by atoms with Crippen LogP contribution in [-0.2, 0) is 19.1 Å². The smallest absolute Gasteiger partial charge is 0.422 e. The first-order valence-electron chi connectivity index (χ1n) is 7.90. The van der Waals surface area contributed by atoms with Gasteiger partial charge in [0.2, 0.25) is 0 Å². The number of amides is 1. The molecule has 0 aromatic carbocycles. The highest BCUT2D eigenvalue weighted by atomic mass is 19.4.